The SMILES string of the molecule is CCN/C(=C\CNC(=O)c1ccc(CC)c(C#Cc2ccc(NC)nc2)c1)CC(F)(F)CC. The Bertz CT molecular complexity index is 1020. The summed E-state index contributed by atoms with van der Waals surface area (Å²) < 4.78 is 27.5. The molecule has 3 N–H and O–H groups in total. The van der Waals surface area contributed by atoms with E-state index in [2.05, 4.69) is 32.8 Å². The van der Waals surface area contributed by atoms with Crippen molar-refractivity contribution in [1.29, 1.82) is 0 Å². The van der Waals surface area contributed by atoms with Gasteiger partial charge in [0, 0.05) is 55.1 Å². The highest BCUT2D eigenvalue weighted by Gasteiger charge is 2.27. The fourth-order valence-electron chi connectivity index (χ4n) is 3.10. The summed E-state index contributed by atoms with van der Waals surface area (Å²) in [5.41, 5.74) is 3.48. The highest BCUT2D eigenvalue weighted by atomic mass is 19.3. The van der Waals surface area contributed by atoms with E-state index in [9.17, 15) is 13.6 Å². The number of nitrogens with zero attached hydrogens (tertiary/aromatic N) is 1. The average molecular weight is 455 g/mol. The van der Waals surface area contributed by atoms with E-state index in [0.717, 1.165) is 28.9 Å². The quantitative estimate of drug-likeness (QED) is 0.454. The number of carbonyl (C=O) groups excluding carboxylic acids is 1. The highest BCUT2D eigenvalue weighted by Crippen LogP contribution is 2.25. The van der Waals surface area contributed by atoms with E-state index in [4.69, 9.17) is 0 Å². The molecular weight excluding hydrogens is 422 g/mol. The zero-order valence-electron chi connectivity index (χ0n) is 19.7. The molecule has 0 saturated heterocycles. The number of carbonyl (C=O) groups is 1. The first-order valence-electron chi connectivity index (χ1n) is 11.2. The fraction of sp³-hybridized carbons (Fsp3) is 0.385. The Hall–Kier alpha value is -3.40. The second kappa shape index (κ2) is 12.6. The molecule has 0 radical (unpaired) electrons. The third-order valence-corrected chi connectivity index (χ3v) is 5.10. The maximum Gasteiger partial charge on any atom is 0.253 e. The van der Waals surface area contributed by atoms with E-state index in [-0.39, 0.29) is 25.3 Å². The van der Waals surface area contributed by atoms with E-state index >= 15 is 0 Å². The van der Waals surface area contributed by atoms with Gasteiger partial charge in [0.1, 0.15) is 5.82 Å². The number of hydrogen-bond donors (Lipinski definition) is 3. The molecule has 2 rings (SSSR count). The predicted molar refractivity (Wildman–Crippen MR) is 130 cm³/mol. The molecule has 5 nitrogen and oxygen atoms in total. The van der Waals surface area contributed by atoms with Crippen LogP contribution >= 0.6 is 0 Å². The molecule has 0 bridgehead atoms. The first kappa shape index (κ1) is 25.9. The number of hydrogen-bond acceptors (Lipinski definition) is 4. The maximum absolute atomic E-state index is 13.7. The molecule has 0 aliphatic heterocycles. The summed E-state index contributed by atoms with van der Waals surface area (Å²) in [7, 11) is 1.80. The van der Waals surface area contributed by atoms with Crippen LogP contribution in [0.1, 0.15) is 60.7 Å². The van der Waals surface area contributed by atoms with Gasteiger partial charge in [0.25, 0.3) is 11.8 Å². The topological polar surface area (TPSA) is 66.0 Å². The smallest absolute Gasteiger partial charge is 0.253 e. The summed E-state index contributed by atoms with van der Waals surface area (Å²) in [5.74, 6) is 3.94. The minimum absolute atomic E-state index is 0.154. The molecule has 1 aromatic carbocycles. The first-order valence-corrected chi connectivity index (χ1v) is 11.2. The van der Waals surface area contributed by atoms with Gasteiger partial charge in [-0.1, -0.05) is 31.8 Å². The monoisotopic (exact) mass is 454 g/mol. The van der Waals surface area contributed by atoms with Crippen LogP contribution in [0.4, 0.5) is 14.6 Å². The normalized spacial score (nSPS) is 11.4. The number of rotatable bonds is 10. The van der Waals surface area contributed by atoms with Crippen molar-refractivity contribution in [3.63, 3.8) is 0 Å². The van der Waals surface area contributed by atoms with Gasteiger partial charge in [-0.25, -0.2) is 13.8 Å². The molecule has 0 fully saturated rings. The molecule has 0 atom stereocenters. The van der Waals surface area contributed by atoms with Crippen LogP contribution in [0, 0.1) is 11.8 Å². The Balaban J connectivity index is 2.13. The van der Waals surface area contributed by atoms with Crippen molar-refractivity contribution < 1.29 is 13.6 Å². The van der Waals surface area contributed by atoms with Crippen LogP contribution in [0.25, 0.3) is 0 Å². The zero-order valence-corrected chi connectivity index (χ0v) is 19.7. The number of allylic oxidation sites excluding steroid dienone is 1. The zero-order chi connectivity index (χ0) is 24.3. The van der Waals surface area contributed by atoms with Gasteiger partial charge >= 0.3 is 0 Å². The van der Waals surface area contributed by atoms with Crippen molar-refractivity contribution in [1.82, 2.24) is 15.6 Å². The van der Waals surface area contributed by atoms with Gasteiger partial charge in [0.2, 0.25) is 0 Å². The molecule has 0 spiro atoms. The van der Waals surface area contributed by atoms with Gasteiger partial charge in [0.15, 0.2) is 0 Å². The van der Waals surface area contributed by atoms with Crippen LogP contribution in [0.5, 0.6) is 0 Å². The standard InChI is InChI=1S/C26H32F2N4O/c1-5-20-11-12-22(16-21(20)10-8-19-9-13-24(29-4)32-18-19)25(33)31-15-14-23(30-7-3)17-26(27,28)6-2/h9,11-14,16,18,30H,5-7,15,17H2,1-4H3,(H,29,32)(H,31,33)/b23-14-. The highest BCUT2D eigenvalue weighted by molar-refractivity contribution is 5.94. The number of nitrogens with one attached hydrogen (secondary N) is 3. The molecule has 0 unspecified atom stereocenters. The lowest BCUT2D eigenvalue weighted by atomic mass is 10.0. The molecular formula is C26H32F2N4O. The van der Waals surface area contributed by atoms with E-state index in [1.807, 2.05) is 32.0 Å². The van der Waals surface area contributed by atoms with E-state index in [1.54, 1.807) is 31.5 Å². The lowest BCUT2D eigenvalue weighted by Crippen LogP contribution is -2.27. The summed E-state index contributed by atoms with van der Waals surface area (Å²) in [6.45, 7) is 6.02. The molecule has 0 aliphatic carbocycles. The maximum atomic E-state index is 13.7. The van der Waals surface area contributed by atoms with E-state index in [0.29, 0.717) is 17.8 Å². The lowest BCUT2D eigenvalue weighted by Gasteiger charge is -2.17. The van der Waals surface area contributed by atoms with Crippen molar-refractivity contribution in [2.24, 2.45) is 0 Å². The molecule has 1 aromatic heterocycles. The van der Waals surface area contributed by atoms with Crippen molar-refractivity contribution in [3.8, 4) is 11.8 Å². The molecule has 1 amide bonds. The van der Waals surface area contributed by atoms with Gasteiger partial charge in [-0.2, -0.15) is 0 Å². The number of pyridine rings is 1. The summed E-state index contributed by atoms with van der Waals surface area (Å²) >= 11 is 0. The summed E-state index contributed by atoms with van der Waals surface area (Å²) in [5, 5.41) is 8.69. The number of aromatic nitrogens is 1. The second-order valence-electron chi connectivity index (χ2n) is 7.51. The lowest BCUT2D eigenvalue weighted by molar-refractivity contribution is -0.00356. The number of halogens is 2. The molecule has 0 saturated carbocycles. The number of alkyl halides is 2. The van der Waals surface area contributed by atoms with Gasteiger partial charge < -0.3 is 16.0 Å². The van der Waals surface area contributed by atoms with Gasteiger partial charge in [-0.3, -0.25) is 4.79 Å². The average Bonchev–Trinajstić information content (AvgIpc) is 2.82. The molecule has 176 valence electrons. The molecule has 0 aliphatic rings. The third-order valence-electron chi connectivity index (χ3n) is 5.10. The summed E-state index contributed by atoms with van der Waals surface area (Å²) in [6, 6.07) is 9.13. The van der Waals surface area contributed by atoms with E-state index in [1.165, 1.54) is 6.92 Å². The number of amides is 1. The summed E-state index contributed by atoms with van der Waals surface area (Å²) in [6.07, 6.45) is 3.47. The van der Waals surface area contributed by atoms with Gasteiger partial charge in [-0.05, 0) is 49.2 Å². The molecule has 33 heavy (non-hydrogen) atoms. The summed E-state index contributed by atoms with van der Waals surface area (Å²) in [4.78, 5) is 16.9. The Kier molecular flexibility index (Phi) is 9.86. The first-order chi connectivity index (χ1) is 15.8. The molecule has 2 aromatic rings. The van der Waals surface area contributed by atoms with Crippen molar-refractivity contribution in [2.75, 3.05) is 25.5 Å². The van der Waals surface area contributed by atoms with Crippen LogP contribution in [-0.2, 0) is 6.42 Å². The Morgan fingerprint density at radius 1 is 1.12 bits per heavy atom. The van der Waals surface area contributed by atoms with Gasteiger partial charge in [0.05, 0.1) is 6.42 Å². The minimum Gasteiger partial charge on any atom is -0.389 e. The minimum atomic E-state index is -2.77. The van der Waals surface area contributed by atoms with Crippen LogP contribution < -0.4 is 16.0 Å². The largest absolute Gasteiger partial charge is 0.389 e. The van der Waals surface area contributed by atoms with E-state index < -0.39 is 5.92 Å². The number of anilines is 1. The third kappa shape index (κ3) is 8.23. The number of aryl methyl sites for hydroxylation is 1. The Morgan fingerprint density at radius 3 is 2.52 bits per heavy atom. The fourth-order valence-corrected chi connectivity index (χ4v) is 3.10. The van der Waals surface area contributed by atoms with Gasteiger partial charge in [-0.15, -0.1) is 0 Å². The molecule has 7 heteroatoms. The Morgan fingerprint density at radius 2 is 1.91 bits per heavy atom. The van der Waals surface area contributed by atoms with Crippen LogP contribution in [-0.4, -0.2) is 37.0 Å². The van der Waals surface area contributed by atoms with Crippen molar-refractivity contribution in [2.45, 2.75) is 46.0 Å². The Labute approximate surface area is 195 Å². The van der Waals surface area contributed by atoms with Crippen LogP contribution in [0.2, 0.25) is 0 Å². The van der Waals surface area contributed by atoms with Crippen LogP contribution in [0.15, 0.2) is 48.3 Å². The predicted octanol–water partition coefficient (Wildman–Crippen LogP) is 4.74. The number of benzene rings is 1. The van der Waals surface area contributed by atoms with Crippen molar-refractivity contribution in [3.05, 3.63) is 70.6 Å². The second-order valence-corrected chi connectivity index (χ2v) is 7.51. The van der Waals surface area contributed by atoms with Crippen LogP contribution in [0.3, 0.4) is 0 Å². The molecule has 1 heterocycles. The van der Waals surface area contributed by atoms with Crippen molar-refractivity contribution >= 4 is 11.7 Å².